The SMILES string of the molecule is OC(c1cc(Cl)ccc1Br)c1ccc(F)c2ccccc12. The third-order valence-electron chi connectivity index (χ3n) is 3.45. The van der Waals surface area contributed by atoms with Gasteiger partial charge in [-0.15, -0.1) is 0 Å². The fraction of sp³-hybridized carbons (Fsp3) is 0.0588. The molecule has 1 nitrogen and oxygen atoms in total. The monoisotopic (exact) mass is 364 g/mol. The summed E-state index contributed by atoms with van der Waals surface area (Å²) in [5.41, 5.74) is 1.30. The zero-order chi connectivity index (χ0) is 15.0. The molecule has 1 N–H and O–H groups in total. The number of aliphatic hydroxyl groups excluding tert-OH is 1. The van der Waals surface area contributed by atoms with Gasteiger partial charge in [0.1, 0.15) is 11.9 Å². The Bertz CT molecular complexity index is 819. The van der Waals surface area contributed by atoms with Crippen molar-refractivity contribution in [1.29, 1.82) is 0 Å². The number of halogens is 3. The van der Waals surface area contributed by atoms with E-state index < -0.39 is 6.10 Å². The topological polar surface area (TPSA) is 20.2 Å². The Labute approximate surface area is 135 Å². The smallest absolute Gasteiger partial charge is 0.131 e. The highest BCUT2D eigenvalue weighted by atomic mass is 79.9. The van der Waals surface area contributed by atoms with E-state index >= 15 is 0 Å². The second-order valence-electron chi connectivity index (χ2n) is 4.75. The summed E-state index contributed by atoms with van der Waals surface area (Å²) in [6, 6.07) is 15.3. The molecule has 0 fully saturated rings. The van der Waals surface area contributed by atoms with Gasteiger partial charge in [0.2, 0.25) is 0 Å². The van der Waals surface area contributed by atoms with Crippen LogP contribution in [-0.2, 0) is 0 Å². The third-order valence-corrected chi connectivity index (χ3v) is 4.41. The summed E-state index contributed by atoms with van der Waals surface area (Å²) in [5.74, 6) is -0.299. The molecule has 0 amide bonds. The van der Waals surface area contributed by atoms with E-state index in [2.05, 4.69) is 15.9 Å². The lowest BCUT2D eigenvalue weighted by Gasteiger charge is -2.16. The average molecular weight is 366 g/mol. The summed E-state index contributed by atoms with van der Waals surface area (Å²) < 4.78 is 14.6. The maximum absolute atomic E-state index is 13.9. The van der Waals surface area contributed by atoms with E-state index in [1.54, 1.807) is 42.5 Å². The summed E-state index contributed by atoms with van der Waals surface area (Å²) in [4.78, 5) is 0. The third kappa shape index (κ3) is 2.69. The summed E-state index contributed by atoms with van der Waals surface area (Å²) >= 11 is 9.41. The van der Waals surface area contributed by atoms with Crippen molar-refractivity contribution in [3.05, 3.63) is 81.0 Å². The molecule has 0 aliphatic rings. The number of benzene rings is 3. The van der Waals surface area contributed by atoms with E-state index in [1.165, 1.54) is 6.07 Å². The molecule has 21 heavy (non-hydrogen) atoms. The first-order chi connectivity index (χ1) is 10.1. The van der Waals surface area contributed by atoms with Gasteiger partial charge in [-0.25, -0.2) is 4.39 Å². The van der Waals surface area contributed by atoms with E-state index in [4.69, 9.17) is 11.6 Å². The van der Waals surface area contributed by atoms with Crippen molar-refractivity contribution in [1.82, 2.24) is 0 Å². The maximum atomic E-state index is 13.9. The standard InChI is InChI=1S/C17H11BrClFO/c18-15-7-5-10(19)9-14(15)17(21)13-6-8-16(20)12-4-2-1-3-11(12)13/h1-9,17,21H. The number of hydrogen-bond acceptors (Lipinski definition) is 1. The lowest BCUT2D eigenvalue weighted by atomic mass is 9.95. The summed E-state index contributed by atoms with van der Waals surface area (Å²) in [6.07, 6.45) is -0.886. The van der Waals surface area contributed by atoms with E-state index in [0.29, 0.717) is 26.9 Å². The molecule has 0 saturated carbocycles. The van der Waals surface area contributed by atoms with Crippen molar-refractivity contribution in [2.75, 3.05) is 0 Å². The van der Waals surface area contributed by atoms with E-state index in [-0.39, 0.29) is 5.82 Å². The normalized spacial score (nSPS) is 12.6. The van der Waals surface area contributed by atoms with Gasteiger partial charge in [0.05, 0.1) is 0 Å². The minimum atomic E-state index is -0.886. The van der Waals surface area contributed by atoms with Gasteiger partial charge in [-0.3, -0.25) is 0 Å². The van der Waals surface area contributed by atoms with Crippen molar-refractivity contribution in [2.24, 2.45) is 0 Å². The fourth-order valence-electron chi connectivity index (χ4n) is 2.42. The number of rotatable bonds is 2. The summed E-state index contributed by atoms with van der Waals surface area (Å²) in [5, 5.41) is 12.4. The minimum absolute atomic E-state index is 0.299. The zero-order valence-electron chi connectivity index (χ0n) is 10.9. The molecule has 0 radical (unpaired) electrons. The van der Waals surface area contributed by atoms with Gasteiger partial charge < -0.3 is 5.11 Å². The first kappa shape index (κ1) is 14.5. The highest BCUT2D eigenvalue weighted by Crippen LogP contribution is 2.34. The largest absolute Gasteiger partial charge is 0.384 e. The molecule has 3 aromatic carbocycles. The molecule has 0 bridgehead atoms. The van der Waals surface area contributed by atoms with Crippen molar-refractivity contribution < 1.29 is 9.50 Å². The second kappa shape index (κ2) is 5.76. The number of fused-ring (bicyclic) bond motifs is 1. The Hall–Kier alpha value is -1.42. The van der Waals surface area contributed by atoms with Gasteiger partial charge in [0, 0.05) is 20.4 Å². The minimum Gasteiger partial charge on any atom is -0.384 e. The van der Waals surface area contributed by atoms with E-state index in [1.807, 2.05) is 6.07 Å². The highest BCUT2D eigenvalue weighted by molar-refractivity contribution is 9.10. The predicted molar refractivity (Wildman–Crippen MR) is 87.1 cm³/mol. The van der Waals surface area contributed by atoms with Crippen LogP contribution in [0, 0.1) is 5.82 Å². The van der Waals surface area contributed by atoms with Gasteiger partial charge >= 0.3 is 0 Å². The fourth-order valence-corrected chi connectivity index (χ4v) is 3.06. The Morgan fingerprint density at radius 2 is 1.67 bits per heavy atom. The van der Waals surface area contributed by atoms with Crippen LogP contribution in [0.15, 0.2) is 59.1 Å². The van der Waals surface area contributed by atoms with Crippen molar-refractivity contribution in [3.63, 3.8) is 0 Å². The van der Waals surface area contributed by atoms with Crippen molar-refractivity contribution in [3.8, 4) is 0 Å². The zero-order valence-corrected chi connectivity index (χ0v) is 13.2. The molecule has 4 heteroatoms. The molecule has 1 atom stereocenters. The average Bonchev–Trinajstić information content (AvgIpc) is 2.50. The molecule has 3 aromatic rings. The van der Waals surface area contributed by atoms with E-state index in [0.717, 1.165) is 4.47 Å². The summed E-state index contributed by atoms with van der Waals surface area (Å²) in [7, 11) is 0. The second-order valence-corrected chi connectivity index (χ2v) is 6.04. The quantitative estimate of drug-likeness (QED) is 0.638. The van der Waals surface area contributed by atoms with Crippen molar-refractivity contribution >= 4 is 38.3 Å². The molecule has 0 spiro atoms. The molecular formula is C17H11BrClFO. The van der Waals surface area contributed by atoms with E-state index in [9.17, 15) is 9.50 Å². The van der Waals surface area contributed by atoms with Crippen LogP contribution in [0.3, 0.4) is 0 Å². The molecule has 0 aromatic heterocycles. The van der Waals surface area contributed by atoms with Crippen LogP contribution < -0.4 is 0 Å². The first-order valence-corrected chi connectivity index (χ1v) is 7.55. The molecule has 106 valence electrons. The van der Waals surface area contributed by atoms with Crippen LogP contribution >= 0.6 is 27.5 Å². The molecular weight excluding hydrogens is 355 g/mol. The molecule has 0 aliphatic carbocycles. The Morgan fingerprint density at radius 3 is 2.43 bits per heavy atom. The van der Waals surface area contributed by atoms with Crippen LogP contribution in [0.2, 0.25) is 5.02 Å². The first-order valence-electron chi connectivity index (χ1n) is 6.38. The molecule has 0 saturated heterocycles. The van der Waals surface area contributed by atoms with Crippen LogP contribution in [-0.4, -0.2) is 5.11 Å². The molecule has 0 heterocycles. The Balaban J connectivity index is 2.20. The lowest BCUT2D eigenvalue weighted by molar-refractivity contribution is 0.221. The van der Waals surface area contributed by atoms with Crippen LogP contribution in [0.1, 0.15) is 17.2 Å². The Morgan fingerprint density at radius 1 is 0.952 bits per heavy atom. The number of aliphatic hydroxyl groups is 1. The van der Waals surface area contributed by atoms with Gasteiger partial charge in [-0.05, 0) is 35.2 Å². The van der Waals surface area contributed by atoms with Gasteiger partial charge in [0.25, 0.3) is 0 Å². The van der Waals surface area contributed by atoms with Gasteiger partial charge in [-0.2, -0.15) is 0 Å². The highest BCUT2D eigenvalue weighted by Gasteiger charge is 2.17. The Kier molecular flexibility index (Phi) is 3.98. The predicted octanol–water partition coefficient (Wildman–Crippen LogP) is 5.48. The number of hydrogen-bond donors (Lipinski definition) is 1. The summed E-state index contributed by atoms with van der Waals surface area (Å²) in [6.45, 7) is 0. The molecule has 0 aliphatic heterocycles. The van der Waals surface area contributed by atoms with Crippen LogP contribution in [0.25, 0.3) is 10.8 Å². The maximum Gasteiger partial charge on any atom is 0.131 e. The van der Waals surface area contributed by atoms with Crippen LogP contribution in [0.4, 0.5) is 4.39 Å². The molecule has 3 rings (SSSR count). The lowest BCUT2D eigenvalue weighted by Crippen LogP contribution is -2.02. The van der Waals surface area contributed by atoms with Crippen LogP contribution in [0.5, 0.6) is 0 Å². The molecule has 1 unspecified atom stereocenters. The van der Waals surface area contributed by atoms with Crippen molar-refractivity contribution in [2.45, 2.75) is 6.10 Å². The van der Waals surface area contributed by atoms with Gasteiger partial charge in [-0.1, -0.05) is 57.9 Å². The van der Waals surface area contributed by atoms with Gasteiger partial charge in [0.15, 0.2) is 0 Å².